The molecule has 0 radical (unpaired) electrons. The maximum atomic E-state index is 13.3. The van der Waals surface area contributed by atoms with Crippen molar-refractivity contribution >= 4 is 35.0 Å². The number of rotatable bonds is 6. The van der Waals surface area contributed by atoms with Crippen LogP contribution in [0.5, 0.6) is 0 Å². The van der Waals surface area contributed by atoms with Crippen LogP contribution in [0.25, 0.3) is 0 Å². The lowest BCUT2D eigenvalue weighted by Gasteiger charge is -2.17. The van der Waals surface area contributed by atoms with E-state index >= 15 is 0 Å². The molecule has 0 saturated heterocycles. The summed E-state index contributed by atoms with van der Waals surface area (Å²) in [6.07, 6.45) is -3.75. The number of alkyl halides is 3. The summed E-state index contributed by atoms with van der Waals surface area (Å²) in [5.74, 6) is -1.39. The molecule has 0 fully saturated rings. The zero-order valence-electron chi connectivity index (χ0n) is 17.5. The molecule has 33 heavy (non-hydrogen) atoms. The van der Waals surface area contributed by atoms with Crippen LogP contribution in [0.2, 0.25) is 0 Å². The molecule has 0 spiro atoms. The number of carbonyl (C=O) groups excluding carboxylic acids is 2. The van der Waals surface area contributed by atoms with E-state index < -0.39 is 23.6 Å². The molecule has 168 valence electrons. The number of hydrogen-bond acceptors (Lipinski definition) is 4. The minimum atomic E-state index is -4.60. The lowest BCUT2D eigenvalue weighted by molar-refractivity contribution is -0.137. The van der Waals surface area contributed by atoms with Crippen LogP contribution in [0, 0.1) is 0 Å². The fourth-order valence-corrected chi connectivity index (χ4v) is 4.29. The van der Waals surface area contributed by atoms with Gasteiger partial charge in [-0.25, -0.2) is 4.90 Å². The van der Waals surface area contributed by atoms with Gasteiger partial charge in [-0.3, -0.25) is 9.59 Å². The molecule has 1 heterocycles. The molecular weight excluding hydrogens is 449 g/mol. The van der Waals surface area contributed by atoms with E-state index in [1.165, 1.54) is 12.1 Å². The van der Waals surface area contributed by atoms with Gasteiger partial charge in [-0.15, -0.1) is 0 Å². The number of carbonyl (C=O) groups is 2. The van der Waals surface area contributed by atoms with Gasteiger partial charge in [-0.05, 0) is 54.4 Å². The average molecular weight is 469 g/mol. The van der Waals surface area contributed by atoms with Crippen molar-refractivity contribution in [3.05, 3.63) is 101 Å². The van der Waals surface area contributed by atoms with E-state index in [9.17, 15) is 22.8 Å². The monoisotopic (exact) mass is 468 g/mol. The van der Waals surface area contributed by atoms with Gasteiger partial charge in [-0.1, -0.05) is 55.1 Å². The van der Waals surface area contributed by atoms with Crippen molar-refractivity contribution in [2.75, 3.05) is 10.2 Å². The first-order valence-corrected chi connectivity index (χ1v) is 11.0. The van der Waals surface area contributed by atoms with Crippen molar-refractivity contribution in [1.29, 1.82) is 0 Å². The largest absolute Gasteiger partial charge is 0.416 e. The van der Waals surface area contributed by atoms with Gasteiger partial charge in [0.25, 0.3) is 11.8 Å². The van der Waals surface area contributed by atoms with Crippen molar-refractivity contribution in [2.45, 2.75) is 24.4 Å². The molecule has 4 nitrogen and oxygen atoms in total. The van der Waals surface area contributed by atoms with Gasteiger partial charge in [0.1, 0.15) is 10.6 Å². The molecule has 3 aromatic carbocycles. The summed E-state index contributed by atoms with van der Waals surface area (Å²) < 4.78 is 39.7. The zero-order chi connectivity index (χ0) is 23.6. The Bertz CT molecular complexity index is 1220. The average Bonchev–Trinajstić information content (AvgIpc) is 3.03. The Morgan fingerprint density at radius 3 is 2.21 bits per heavy atom. The summed E-state index contributed by atoms with van der Waals surface area (Å²) in [5.41, 5.74) is 0.655. The second-order valence-electron chi connectivity index (χ2n) is 7.29. The van der Waals surface area contributed by atoms with Crippen molar-refractivity contribution in [2.24, 2.45) is 0 Å². The standard InChI is InChI=1S/C25H19F3N2O2S/c1-2-16-11-13-18(14-12-16)29-21-22(33-20-9-4-3-5-10-20)24(32)30(23(21)31)19-8-6-7-17(15-19)25(26,27)28/h3-15,29H,2H2,1H3. The summed E-state index contributed by atoms with van der Waals surface area (Å²) in [5, 5.41) is 3.01. The Labute approximate surface area is 193 Å². The summed E-state index contributed by atoms with van der Waals surface area (Å²) in [6.45, 7) is 2.02. The maximum absolute atomic E-state index is 13.3. The number of nitrogens with zero attached hydrogens (tertiary/aromatic N) is 1. The topological polar surface area (TPSA) is 49.4 Å². The predicted molar refractivity (Wildman–Crippen MR) is 123 cm³/mol. The zero-order valence-corrected chi connectivity index (χ0v) is 18.3. The summed E-state index contributed by atoms with van der Waals surface area (Å²) >= 11 is 1.09. The highest BCUT2D eigenvalue weighted by atomic mass is 32.2. The van der Waals surface area contributed by atoms with Gasteiger partial charge in [0.2, 0.25) is 0 Å². The SMILES string of the molecule is CCc1ccc(NC2=C(Sc3ccccc3)C(=O)N(c3cccc(C(F)(F)F)c3)C2=O)cc1. The van der Waals surface area contributed by atoms with Crippen LogP contribution in [0.3, 0.4) is 0 Å². The quantitative estimate of drug-likeness (QED) is 0.434. The molecule has 0 aromatic heterocycles. The molecule has 1 aliphatic rings. The molecule has 4 rings (SSSR count). The smallest absolute Gasteiger partial charge is 0.350 e. The third-order valence-corrected chi connectivity index (χ3v) is 6.16. The van der Waals surface area contributed by atoms with Crippen molar-refractivity contribution in [3.8, 4) is 0 Å². The van der Waals surface area contributed by atoms with E-state index in [4.69, 9.17) is 0 Å². The minimum absolute atomic E-state index is 0.0236. The van der Waals surface area contributed by atoms with E-state index in [-0.39, 0.29) is 16.3 Å². The van der Waals surface area contributed by atoms with Crippen LogP contribution in [0.15, 0.2) is 94.4 Å². The minimum Gasteiger partial charge on any atom is -0.350 e. The lowest BCUT2D eigenvalue weighted by atomic mass is 10.1. The normalized spacial score (nSPS) is 14.2. The molecule has 0 unspecified atom stereocenters. The second kappa shape index (κ2) is 9.15. The molecule has 1 N–H and O–H groups in total. The van der Waals surface area contributed by atoms with Crippen LogP contribution >= 0.6 is 11.8 Å². The molecule has 2 amide bonds. The predicted octanol–water partition coefficient (Wildman–Crippen LogP) is 6.26. The van der Waals surface area contributed by atoms with E-state index in [1.54, 1.807) is 36.4 Å². The van der Waals surface area contributed by atoms with Crippen LogP contribution in [0.1, 0.15) is 18.1 Å². The molecule has 1 aliphatic heterocycles. The Morgan fingerprint density at radius 2 is 1.58 bits per heavy atom. The summed E-state index contributed by atoms with van der Waals surface area (Å²) in [4.78, 5) is 28.2. The molecular formula is C25H19F3N2O2S. The summed E-state index contributed by atoms with van der Waals surface area (Å²) in [7, 11) is 0. The van der Waals surface area contributed by atoms with E-state index in [0.29, 0.717) is 5.69 Å². The first kappa shape index (κ1) is 22.7. The van der Waals surface area contributed by atoms with Crippen LogP contribution in [-0.2, 0) is 22.2 Å². The number of amides is 2. The van der Waals surface area contributed by atoms with Gasteiger partial charge >= 0.3 is 6.18 Å². The number of halogens is 3. The van der Waals surface area contributed by atoms with Gasteiger partial charge in [0.15, 0.2) is 0 Å². The molecule has 0 atom stereocenters. The number of benzene rings is 3. The van der Waals surface area contributed by atoms with E-state index in [1.807, 2.05) is 25.1 Å². The van der Waals surface area contributed by atoms with Crippen molar-refractivity contribution in [1.82, 2.24) is 0 Å². The Hall–Kier alpha value is -3.52. The van der Waals surface area contributed by atoms with Crippen LogP contribution < -0.4 is 10.2 Å². The van der Waals surface area contributed by atoms with Crippen molar-refractivity contribution < 1.29 is 22.8 Å². The van der Waals surface area contributed by atoms with Crippen LogP contribution in [-0.4, -0.2) is 11.8 Å². The highest BCUT2D eigenvalue weighted by Gasteiger charge is 2.41. The Kier molecular flexibility index (Phi) is 6.29. The Morgan fingerprint density at radius 1 is 0.879 bits per heavy atom. The number of anilines is 2. The molecule has 8 heteroatoms. The number of nitrogens with one attached hydrogen (secondary N) is 1. The fourth-order valence-electron chi connectivity index (χ4n) is 3.34. The third kappa shape index (κ3) is 4.80. The molecule has 3 aromatic rings. The van der Waals surface area contributed by atoms with Crippen molar-refractivity contribution in [3.63, 3.8) is 0 Å². The highest BCUT2D eigenvalue weighted by Crippen LogP contribution is 2.39. The molecule has 0 bridgehead atoms. The van der Waals surface area contributed by atoms with Crippen LogP contribution in [0.4, 0.5) is 24.5 Å². The fraction of sp³-hybridized carbons (Fsp3) is 0.120. The maximum Gasteiger partial charge on any atom is 0.416 e. The number of hydrogen-bond donors (Lipinski definition) is 1. The highest BCUT2D eigenvalue weighted by molar-refractivity contribution is 8.04. The first-order valence-electron chi connectivity index (χ1n) is 10.2. The third-order valence-electron chi connectivity index (χ3n) is 5.07. The number of thioether (sulfide) groups is 1. The number of imide groups is 1. The van der Waals surface area contributed by atoms with Gasteiger partial charge < -0.3 is 5.32 Å². The first-order chi connectivity index (χ1) is 15.8. The van der Waals surface area contributed by atoms with Gasteiger partial charge in [0.05, 0.1) is 11.3 Å². The van der Waals surface area contributed by atoms with E-state index in [2.05, 4.69) is 5.32 Å². The summed E-state index contributed by atoms with van der Waals surface area (Å²) in [6, 6.07) is 20.6. The number of aryl methyl sites for hydroxylation is 1. The Balaban J connectivity index is 1.73. The van der Waals surface area contributed by atoms with E-state index in [0.717, 1.165) is 45.7 Å². The molecule has 0 aliphatic carbocycles. The lowest BCUT2D eigenvalue weighted by Crippen LogP contribution is -2.32. The second-order valence-corrected chi connectivity index (χ2v) is 8.37. The molecule has 0 saturated carbocycles. The van der Waals surface area contributed by atoms with Gasteiger partial charge in [-0.2, -0.15) is 13.2 Å². The van der Waals surface area contributed by atoms with Gasteiger partial charge in [0, 0.05) is 10.6 Å².